The maximum absolute atomic E-state index is 9.18. The van der Waals surface area contributed by atoms with Gasteiger partial charge in [-0.2, -0.15) is 0 Å². The van der Waals surface area contributed by atoms with E-state index in [0.29, 0.717) is 12.6 Å². The fourth-order valence-electron chi connectivity index (χ4n) is 2.43. The number of nitrogens with zero attached hydrogens (tertiary/aromatic N) is 3. The van der Waals surface area contributed by atoms with Crippen LogP contribution in [0.4, 0.5) is 5.82 Å². The zero-order valence-corrected chi connectivity index (χ0v) is 11.9. The van der Waals surface area contributed by atoms with E-state index < -0.39 is 0 Å². The molecule has 0 spiro atoms. The van der Waals surface area contributed by atoms with E-state index in [1.807, 2.05) is 13.0 Å². The van der Waals surface area contributed by atoms with E-state index in [-0.39, 0.29) is 6.61 Å². The van der Waals surface area contributed by atoms with Crippen LogP contribution >= 0.6 is 0 Å². The standard InChI is InChI=1S/C14H24N4O/c1-3-15-13-9-11(2)16-14(17-13)10-18(7-8-19)12-5-4-6-12/h9,12,19H,3-8,10H2,1-2H3,(H,15,16,17). The van der Waals surface area contributed by atoms with Gasteiger partial charge in [0.2, 0.25) is 0 Å². The first-order valence-electron chi connectivity index (χ1n) is 7.16. The topological polar surface area (TPSA) is 61.3 Å². The molecule has 2 N–H and O–H groups in total. The number of nitrogens with one attached hydrogen (secondary N) is 1. The highest BCUT2D eigenvalue weighted by molar-refractivity contribution is 5.35. The fourth-order valence-corrected chi connectivity index (χ4v) is 2.43. The summed E-state index contributed by atoms with van der Waals surface area (Å²) in [6, 6.07) is 2.56. The van der Waals surface area contributed by atoms with Gasteiger partial charge in [0, 0.05) is 30.9 Å². The molecule has 1 aromatic heterocycles. The van der Waals surface area contributed by atoms with Crippen LogP contribution < -0.4 is 5.32 Å². The smallest absolute Gasteiger partial charge is 0.144 e. The molecule has 0 saturated heterocycles. The molecule has 0 radical (unpaired) electrons. The molecule has 5 heteroatoms. The lowest BCUT2D eigenvalue weighted by Crippen LogP contribution is -2.41. The van der Waals surface area contributed by atoms with E-state index >= 15 is 0 Å². The molecule has 1 saturated carbocycles. The van der Waals surface area contributed by atoms with Gasteiger partial charge in [0.25, 0.3) is 0 Å². The van der Waals surface area contributed by atoms with Gasteiger partial charge in [-0.25, -0.2) is 9.97 Å². The molecule has 0 amide bonds. The number of aliphatic hydroxyl groups excluding tert-OH is 1. The lowest BCUT2D eigenvalue weighted by Gasteiger charge is -2.36. The summed E-state index contributed by atoms with van der Waals surface area (Å²) in [5, 5.41) is 12.4. The van der Waals surface area contributed by atoms with Crippen molar-refractivity contribution in [1.82, 2.24) is 14.9 Å². The van der Waals surface area contributed by atoms with Crippen molar-refractivity contribution >= 4 is 5.82 Å². The van der Waals surface area contributed by atoms with Crippen molar-refractivity contribution in [3.05, 3.63) is 17.6 Å². The Kier molecular flexibility index (Phi) is 5.10. The second-order valence-electron chi connectivity index (χ2n) is 5.12. The predicted octanol–water partition coefficient (Wildman–Crippen LogP) is 1.56. The number of hydrogen-bond donors (Lipinski definition) is 2. The molecule has 1 aliphatic carbocycles. The Balaban J connectivity index is 2.06. The molecule has 0 aliphatic heterocycles. The van der Waals surface area contributed by atoms with Crippen LogP contribution in [0.25, 0.3) is 0 Å². The van der Waals surface area contributed by atoms with Crippen molar-refractivity contribution < 1.29 is 5.11 Å². The summed E-state index contributed by atoms with van der Waals surface area (Å²) in [4.78, 5) is 11.3. The van der Waals surface area contributed by atoms with Crippen LogP contribution in [0.5, 0.6) is 0 Å². The molecule has 1 aromatic rings. The molecule has 0 aromatic carbocycles. The summed E-state index contributed by atoms with van der Waals surface area (Å²) in [5.41, 5.74) is 0.985. The molecule has 19 heavy (non-hydrogen) atoms. The largest absolute Gasteiger partial charge is 0.395 e. The normalized spacial score (nSPS) is 15.6. The molecule has 5 nitrogen and oxygen atoms in total. The molecule has 2 rings (SSSR count). The zero-order valence-electron chi connectivity index (χ0n) is 11.9. The van der Waals surface area contributed by atoms with E-state index in [2.05, 4.69) is 27.1 Å². The van der Waals surface area contributed by atoms with Gasteiger partial charge in [0.1, 0.15) is 11.6 Å². The van der Waals surface area contributed by atoms with Gasteiger partial charge in [-0.1, -0.05) is 6.42 Å². The van der Waals surface area contributed by atoms with E-state index in [0.717, 1.165) is 30.4 Å². The minimum Gasteiger partial charge on any atom is -0.395 e. The molecule has 1 heterocycles. The summed E-state index contributed by atoms with van der Waals surface area (Å²) in [6.07, 6.45) is 3.75. The van der Waals surface area contributed by atoms with Crippen molar-refractivity contribution in [2.24, 2.45) is 0 Å². The van der Waals surface area contributed by atoms with Crippen LogP contribution in [0.15, 0.2) is 6.07 Å². The fraction of sp³-hybridized carbons (Fsp3) is 0.714. The summed E-state index contributed by atoms with van der Waals surface area (Å²) < 4.78 is 0. The van der Waals surface area contributed by atoms with Crippen molar-refractivity contribution in [2.45, 2.75) is 45.7 Å². The van der Waals surface area contributed by atoms with Gasteiger partial charge in [-0.05, 0) is 26.7 Å². The molecular weight excluding hydrogens is 240 g/mol. The lowest BCUT2D eigenvalue weighted by atomic mass is 9.91. The van der Waals surface area contributed by atoms with Crippen LogP contribution in [0.3, 0.4) is 0 Å². The summed E-state index contributed by atoms with van der Waals surface area (Å²) in [6.45, 7) is 6.54. The monoisotopic (exact) mass is 264 g/mol. The number of hydrogen-bond acceptors (Lipinski definition) is 5. The second kappa shape index (κ2) is 6.82. The Labute approximate surface area is 115 Å². The number of rotatable bonds is 7. The highest BCUT2D eigenvalue weighted by Gasteiger charge is 2.25. The number of aryl methyl sites for hydroxylation is 1. The zero-order chi connectivity index (χ0) is 13.7. The molecule has 1 fully saturated rings. The van der Waals surface area contributed by atoms with Crippen LogP contribution in [0, 0.1) is 6.92 Å². The first kappa shape index (κ1) is 14.2. The Morgan fingerprint density at radius 1 is 1.42 bits per heavy atom. The minimum absolute atomic E-state index is 0.197. The maximum atomic E-state index is 9.18. The van der Waals surface area contributed by atoms with Crippen LogP contribution in [-0.2, 0) is 6.54 Å². The van der Waals surface area contributed by atoms with Gasteiger partial charge in [-0.15, -0.1) is 0 Å². The van der Waals surface area contributed by atoms with Crippen molar-refractivity contribution in [1.29, 1.82) is 0 Å². The van der Waals surface area contributed by atoms with E-state index in [9.17, 15) is 5.11 Å². The minimum atomic E-state index is 0.197. The van der Waals surface area contributed by atoms with Crippen molar-refractivity contribution in [2.75, 3.05) is 25.0 Å². The Morgan fingerprint density at radius 3 is 2.79 bits per heavy atom. The predicted molar refractivity (Wildman–Crippen MR) is 76.1 cm³/mol. The number of anilines is 1. The molecule has 1 aliphatic rings. The highest BCUT2D eigenvalue weighted by atomic mass is 16.3. The average Bonchev–Trinajstić information content (AvgIpc) is 2.26. The van der Waals surface area contributed by atoms with Crippen molar-refractivity contribution in [3.63, 3.8) is 0 Å². The molecule has 106 valence electrons. The van der Waals surface area contributed by atoms with Gasteiger partial charge < -0.3 is 10.4 Å². The van der Waals surface area contributed by atoms with E-state index in [1.165, 1.54) is 19.3 Å². The van der Waals surface area contributed by atoms with Crippen LogP contribution in [0.1, 0.15) is 37.7 Å². The third kappa shape index (κ3) is 3.88. The second-order valence-corrected chi connectivity index (χ2v) is 5.12. The Bertz CT molecular complexity index is 406. The van der Waals surface area contributed by atoms with Crippen LogP contribution in [0.2, 0.25) is 0 Å². The molecule has 0 unspecified atom stereocenters. The summed E-state index contributed by atoms with van der Waals surface area (Å²) in [5.74, 6) is 1.74. The first-order chi connectivity index (χ1) is 9.22. The molecular formula is C14H24N4O. The summed E-state index contributed by atoms with van der Waals surface area (Å²) in [7, 11) is 0. The highest BCUT2D eigenvalue weighted by Crippen LogP contribution is 2.25. The van der Waals surface area contributed by atoms with Crippen LogP contribution in [-0.4, -0.2) is 45.7 Å². The third-order valence-electron chi connectivity index (χ3n) is 3.58. The lowest BCUT2D eigenvalue weighted by molar-refractivity contribution is 0.0920. The van der Waals surface area contributed by atoms with Gasteiger partial charge >= 0.3 is 0 Å². The quantitative estimate of drug-likeness (QED) is 0.782. The third-order valence-corrected chi connectivity index (χ3v) is 3.58. The van der Waals surface area contributed by atoms with E-state index in [4.69, 9.17) is 0 Å². The van der Waals surface area contributed by atoms with E-state index in [1.54, 1.807) is 0 Å². The Hall–Kier alpha value is -1.20. The first-order valence-corrected chi connectivity index (χ1v) is 7.16. The number of aliphatic hydroxyl groups is 1. The molecule has 0 bridgehead atoms. The van der Waals surface area contributed by atoms with Gasteiger partial charge in [0.15, 0.2) is 0 Å². The maximum Gasteiger partial charge on any atom is 0.144 e. The van der Waals surface area contributed by atoms with Gasteiger partial charge in [-0.3, -0.25) is 4.90 Å². The SMILES string of the molecule is CCNc1cc(C)nc(CN(CCO)C2CCC2)n1. The average molecular weight is 264 g/mol. The van der Waals surface area contributed by atoms with Gasteiger partial charge in [0.05, 0.1) is 13.2 Å². The van der Waals surface area contributed by atoms with Crippen molar-refractivity contribution in [3.8, 4) is 0 Å². The molecule has 0 atom stereocenters. The Morgan fingerprint density at radius 2 is 2.21 bits per heavy atom. The number of aromatic nitrogens is 2. The summed E-state index contributed by atoms with van der Waals surface area (Å²) >= 11 is 0.